The van der Waals surface area contributed by atoms with E-state index in [-0.39, 0.29) is 24.5 Å². The van der Waals surface area contributed by atoms with E-state index in [0.717, 1.165) is 18.4 Å². The Morgan fingerprint density at radius 2 is 2.04 bits per heavy atom. The number of thioether (sulfide) groups is 1. The van der Waals surface area contributed by atoms with Gasteiger partial charge in [-0.1, -0.05) is 30.3 Å². The Morgan fingerprint density at radius 1 is 1.28 bits per heavy atom. The standard InChI is InChI=1S/C18H20N2O4S/c21-15(19-13-6-7-13)10-24-17(23)14-11-25-18(9-8-16(22)20(14)18)12-4-2-1-3-5-12/h1-5,13-14H,6-11H2,(H,19,21)/t14-,18+/m1/s1. The summed E-state index contributed by atoms with van der Waals surface area (Å²) in [6.07, 6.45) is 3.09. The number of rotatable bonds is 5. The Kier molecular flexibility index (Phi) is 4.19. The molecular weight excluding hydrogens is 340 g/mol. The fraction of sp³-hybridized carbons (Fsp3) is 0.500. The highest BCUT2D eigenvalue weighted by molar-refractivity contribution is 8.00. The third-order valence-electron chi connectivity index (χ3n) is 4.91. The minimum Gasteiger partial charge on any atom is -0.454 e. The molecule has 0 bridgehead atoms. The maximum atomic E-state index is 12.5. The van der Waals surface area contributed by atoms with Crippen LogP contribution in [-0.2, 0) is 24.0 Å². The summed E-state index contributed by atoms with van der Waals surface area (Å²) in [6.45, 7) is -0.281. The van der Waals surface area contributed by atoms with Gasteiger partial charge in [-0.25, -0.2) is 4.79 Å². The molecule has 25 heavy (non-hydrogen) atoms. The van der Waals surface area contributed by atoms with Gasteiger partial charge in [0.1, 0.15) is 10.9 Å². The van der Waals surface area contributed by atoms with Gasteiger partial charge in [0.2, 0.25) is 5.91 Å². The van der Waals surface area contributed by atoms with Crippen LogP contribution in [0.4, 0.5) is 0 Å². The molecule has 0 unspecified atom stereocenters. The lowest BCUT2D eigenvalue weighted by Gasteiger charge is -2.33. The highest BCUT2D eigenvalue weighted by atomic mass is 32.2. The number of carbonyl (C=O) groups is 3. The first-order chi connectivity index (χ1) is 12.1. The Hall–Kier alpha value is -2.02. The maximum Gasteiger partial charge on any atom is 0.330 e. The van der Waals surface area contributed by atoms with Crippen molar-refractivity contribution in [1.82, 2.24) is 10.2 Å². The average molecular weight is 360 g/mol. The smallest absolute Gasteiger partial charge is 0.330 e. The van der Waals surface area contributed by atoms with Gasteiger partial charge in [0.05, 0.1) is 0 Å². The van der Waals surface area contributed by atoms with Crippen LogP contribution in [0.15, 0.2) is 30.3 Å². The molecule has 6 nitrogen and oxygen atoms in total. The highest BCUT2D eigenvalue weighted by Gasteiger charge is 2.57. The monoisotopic (exact) mass is 360 g/mol. The summed E-state index contributed by atoms with van der Waals surface area (Å²) in [4.78, 5) is 37.9. The molecule has 7 heteroatoms. The van der Waals surface area contributed by atoms with Crippen molar-refractivity contribution in [3.05, 3.63) is 35.9 Å². The van der Waals surface area contributed by atoms with Crippen LogP contribution in [0, 0.1) is 0 Å². The van der Waals surface area contributed by atoms with Crippen molar-refractivity contribution in [3.8, 4) is 0 Å². The van der Waals surface area contributed by atoms with Crippen molar-refractivity contribution < 1.29 is 19.1 Å². The predicted octanol–water partition coefficient (Wildman–Crippen LogP) is 1.40. The molecular formula is C18H20N2O4S. The lowest BCUT2D eigenvalue weighted by molar-refractivity contribution is -0.156. The van der Waals surface area contributed by atoms with Crippen LogP contribution < -0.4 is 5.32 Å². The number of amides is 2. The number of nitrogens with one attached hydrogen (secondary N) is 1. The first kappa shape index (κ1) is 16.4. The van der Waals surface area contributed by atoms with E-state index in [1.165, 1.54) is 0 Å². The molecule has 0 radical (unpaired) electrons. The summed E-state index contributed by atoms with van der Waals surface area (Å²) in [5, 5.41) is 2.79. The molecule has 4 rings (SSSR count). The van der Waals surface area contributed by atoms with E-state index in [9.17, 15) is 14.4 Å². The van der Waals surface area contributed by atoms with Crippen molar-refractivity contribution in [2.45, 2.75) is 42.6 Å². The summed E-state index contributed by atoms with van der Waals surface area (Å²) in [5.41, 5.74) is 1.03. The van der Waals surface area contributed by atoms with Gasteiger partial charge in [0.25, 0.3) is 5.91 Å². The molecule has 2 saturated heterocycles. The second-order valence-corrected chi connectivity index (χ2v) is 7.99. The molecule has 1 aromatic rings. The minimum atomic E-state index is -0.631. The fourth-order valence-corrected chi connectivity index (χ4v) is 5.18. The van der Waals surface area contributed by atoms with E-state index in [1.807, 2.05) is 30.3 Å². The topological polar surface area (TPSA) is 75.7 Å². The molecule has 0 spiro atoms. The van der Waals surface area contributed by atoms with Crippen LogP contribution in [0.1, 0.15) is 31.2 Å². The Balaban J connectivity index is 1.46. The van der Waals surface area contributed by atoms with E-state index in [4.69, 9.17) is 4.74 Å². The zero-order valence-electron chi connectivity index (χ0n) is 13.8. The Bertz CT molecular complexity index is 706. The molecule has 1 aliphatic carbocycles. The molecule has 3 aliphatic rings. The van der Waals surface area contributed by atoms with E-state index >= 15 is 0 Å². The quantitative estimate of drug-likeness (QED) is 0.804. The fourth-order valence-electron chi connectivity index (χ4n) is 3.55. The SMILES string of the molecule is O=C(COC(=O)[C@H]1CS[C@]2(c3ccccc3)CCC(=O)N12)NC1CC1. The van der Waals surface area contributed by atoms with Crippen molar-refractivity contribution in [2.24, 2.45) is 0 Å². The van der Waals surface area contributed by atoms with Crippen LogP contribution in [-0.4, -0.2) is 47.1 Å². The lowest BCUT2D eigenvalue weighted by Crippen LogP contribution is -2.47. The van der Waals surface area contributed by atoms with Gasteiger partial charge in [0.15, 0.2) is 6.61 Å². The predicted molar refractivity (Wildman–Crippen MR) is 92.6 cm³/mol. The third kappa shape index (κ3) is 3.01. The molecule has 3 fully saturated rings. The molecule has 1 N–H and O–H groups in total. The normalized spacial score (nSPS) is 27.9. The largest absolute Gasteiger partial charge is 0.454 e. The highest BCUT2D eigenvalue weighted by Crippen LogP contribution is 2.54. The molecule has 2 heterocycles. The summed E-state index contributed by atoms with van der Waals surface area (Å²) >= 11 is 1.61. The van der Waals surface area contributed by atoms with E-state index < -0.39 is 16.9 Å². The van der Waals surface area contributed by atoms with Crippen molar-refractivity contribution in [2.75, 3.05) is 12.4 Å². The first-order valence-electron chi connectivity index (χ1n) is 8.58. The van der Waals surface area contributed by atoms with E-state index in [0.29, 0.717) is 18.6 Å². The Morgan fingerprint density at radius 3 is 2.76 bits per heavy atom. The van der Waals surface area contributed by atoms with Crippen molar-refractivity contribution >= 4 is 29.5 Å². The van der Waals surface area contributed by atoms with Gasteiger partial charge in [-0.05, 0) is 24.8 Å². The number of carbonyl (C=O) groups excluding carboxylic acids is 3. The van der Waals surface area contributed by atoms with Crippen molar-refractivity contribution in [1.29, 1.82) is 0 Å². The average Bonchev–Trinajstić information content (AvgIpc) is 3.25. The van der Waals surface area contributed by atoms with Crippen LogP contribution >= 0.6 is 11.8 Å². The zero-order valence-corrected chi connectivity index (χ0v) is 14.6. The summed E-state index contributed by atoms with van der Waals surface area (Å²) in [6, 6.07) is 9.42. The van der Waals surface area contributed by atoms with E-state index in [2.05, 4.69) is 5.32 Å². The molecule has 1 saturated carbocycles. The van der Waals surface area contributed by atoms with Crippen LogP contribution in [0.25, 0.3) is 0 Å². The second kappa shape index (κ2) is 6.37. The number of hydrogen-bond donors (Lipinski definition) is 1. The zero-order chi connectivity index (χ0) is 17.4. The number of nitrogens with zero attached hydrogens (tertiary/aromatic N) is 1. The first-order valence-corrected chi connectivity index (χ1v) is 9.56. The molecule has 2 amide bonds. The van der Waals surface area contributed by atoms with Gasteiger partial charge in [-0.3, -0.25) is 9.59 Å². The summed E-state index contributed by atoms with van der Waals surface area (Å²) in [5.74, 6) is -0.308. The number of esters is 1. The molecule has 1 aromatic carbocycles. The number of ether oxygens (including phenoxy) is 1. The van der Waals surface area contributed by atoms with Gasteiger partial charge < -0.3 is 15.0 Å². The van der Waals surface area contributed by atoms with E-state index in [1.54, 1.807) is 16.7 Å². The molecule has 2 atom stereocenters. The van der Waals surface area contributed by atoms with Gasteiger partial charge in [-0.15, -0.1) is 11.8 Å². The van der Waals surface area contributed by atoms with Gasteiger partial charge in [-0.2, -0.15) is 0 Å². The lowest BCUT2D eigenvalue weighted by atomic mass is 10.0. The van der Waals surface area contributed by atoms with Crippen LogP contribution in [0.3, 0.4) is 0 Å². The second-order valence-electron chi connectivity index (χ2n) is 6.69. The number of fused-ring (bicyclic) bond motifs is 1. The van der Waals surface area contributed by atoms with Crippen LogP contribution in [0.2, 0.25) is 0 Å². The molecule has 0 aromatic heterocycles. The van der Waals surface area contributed by atoms with Gasteiger partial charge >= 0.3 is 5.97 Å². The molecule has 132 valence electrons. The summed E-state index contributed by atoms with van der Waals surface area (Å²) in [7, 11) is 0. The molecule has 2 aliphatic heterocycles. The number of hydrogen-bond acceptors (Lipinski definition) is 5. The van der Waals surface area contributed by atoms with Crippen LogP contribution in [0.5, 0.6) is 0 Å². The van der Waals surface area contributed by atoms with Crippen molar-refractivity contribution in [3.63, 3.8) is 0 Å². The minimum absolute atomic E-state index is 0.0294. The van der Waals surface area contributed by atoms with Gasteiger partial charge in [0, 0.05) is 18.2 Å². The third-order valence-corrected chi connectivity index (χ3v) is 6.51. The number of benzene rings is 1. The Labute approximate surface area is 150 Å². The summed E-state index contributed by atoms with van der Waals surface area (Å²) < 4.78 is 5.20. The maximum absolute atomic E-state index is 12.5.